The number of aliphatic hydroxyl groups is 1. The number of nitrogens with zero attached hydrogens (tertiary/aromatic N) is 1. The molecule has 9 heteroatoms. The van der Waals surface area contributed by atoms with Gasteiger partial charge in [0, 0.05) is 22.9 Å². The van der Waals surface area contributed by atoms with E-state index < -0.39 is 11.6 Å². The molecule has 2 aromatic rings. The van der Waals surface area contributed by atoms with Gasteiger partial charge in [-0.05, 0) is 111 Å². The minimum atomic E-state index is -1.05. The van der Waals surface area contributed by atoms with Gasteiger partial charge < -0.3 is 30.1 Å². The molecular formula is C35H43N3O6. The number of rotatable bonds is 8. The fourth-order valence-electron chi connectivity index (χ4n) is 9.24. The van der Waals surface area contributed by atoms with E-state index in [2.05, 4.69) is 41.3 Å². The Balaban J connectivity index is 1.04. The first-order valence-corrected chi connectivity index (χ1v) is 15.8. The number of benzene rings is 1. The summed E-state index contributed by atoms with van der Waals surface area (Å²) in [6.45, 7) is 4.68. The average Bonchev–Trinajstić information content (AvgIpc) is 3.51. The number of aromatic carboxylic acids is 1. The van der Waals surface area contributed by atoms with Gasteiger partial charge in [-0.25, -0.2) is 4.79 Å². The fraction of sp³-hybridized carbons (Fsp3) is 0.571. The summed E-state index contributed by atoms with van der Waals surface area (Å²) < 4.78 is 5.29. The van der Waals surface area contributed by atoms with Crippen LogP contribution in [0.5, 0.6) is 5.75 Å². The second-order valence-corrected chi connectivity index (χ2v) is 13.7. The van der Waals surface area contributed by atoms with E-state index in [1.807, 2.05) is 0 Å². The van der Waals surface area contributed by atoms with Gasteiger partial charge in [0.1, 0.15) is 17.0 Å². The van der Waals surface area contributed by atoms with Crippen LogP contribution in [0.25, 0.3) is 10.9 Å². The maximum absolute atomic E-state index is 12.5. The molecule has 1 aromatic heterocycles. The van der Waals surface area contributed by atoms with E-state index in [1.54, 1.807) is 25.3 Å². The Hall–Kier alpha value is -3.77. The molecule has 4 unspecified atom stereocenters. The number of allylic oxidation sites excluding steroid dienone is 2. The molecule has 0 saturated heterocycles. The first-order chi connectivity index (χ1) is 21.0. The number of terminal acetylenes is 1. The number of hydrogen-bond donors (Lipinski definition) is 4. The molecule has 4 N–H and O–H groups in total. The Bertz CT molecular complexity index is 1580. The van der Waals surface area contributed by atoms with Gasteiger partial charge in [0.05, 0.1) is 12.8 Å². The number of carbonyl (C=O) groups excluding carboxylic acids is 1. The third kappa shape index (κ3) is 4.88. The van der Waals surface area contributed by atoms with Gasteiger partial charge in [0.15, 0.2) is 6.61 Å². The molecule has 6 atom stereocenters. The van der Waals surface area contributed by atoms with Crippen LogP contribution in [0.2, 0.25) is 0 Å². The van der Waals surface area contributed by atoms with Crippen LogP contribution < -0.4 is 10.1 Å². The van der Waals surface area contributed by atoms with Gasteiger partial charge in [-0.2, -0.15) is 0 Å². The number of H-pyrrole nitrogens is 1. The smallest absolute Gasteiger partial charge is 0.352 e. The first kappa shape index (κ1) is 30.3. The van der Waals surface area contributed by atoms with Crippen molar-refractivity contribution in [2.24, 2.45) is 33.7 Å². The third-order valence-corrected chi connectivity index (χ3v) is 11.8. The number of amides is 1. The number of fused-ring (bicyclic) bond motifs is 6. The predicted molar refractivity (Wildman–Crippen MR) is 167 cm³/mol. The van der Waals surface area contributed by atoms with Gasteiger partial charge in [0.2, 0.25) is 0 Å². The topological polar surface area (TPSA) is 133 Å². The zero-order valence-electron chi connectivity index (χ0n) is 25.9. The maximum Gasteiger partial charge on any atom is 0.352 e. The Morgan fingerprint density at radius 2 is 1.95 bits per heavy atom. The summed E-state index contributed by atoms with van der Waals surface area (Å²) >= 11 is 0. The Labute approximate surface area is 258 Å². The minimum absolute atomic E-state index is 0.107. The SMILES string of the molecule is C#CC1(O)CCC2C3CCC4=C/C(=N/OCC(=O)NCCc5c(C(=O)O)[nH]c6ccc(OC)cc56)CC[C@]4(C)C3CC[C@@]21C. The fourth-order valence-corrected chi connectivity index (χ4v) is 9.24. The number of aromatic nitrogens is 1. The zero-order chi connectivity index (χ0) is 31.3. The van der Waals surface area contributed by atoms with E-state index in [9.17, 15) is 19.8 Å². The van der Waals surface area contributed by atoms with Gasteiger partial charge in [-0.1, -0.05) is 30.5 Å². The number of hydrogen-bond acceptors (Lipinski definition) is 6. The Morgan fingerprint density at radius 3 is 2.70 bits per heavy atom. The molecule has 234 valence electrons. The normalized spacial score (nSPS) is 33.5. The summed E-state index contributed by atoms with van der Waals surface area (Å²) in [5, 5.41) is 28.8. The predicted octanol–water partition coefficient (Wildman–Crippen LogP) is 5.23. The monoisotopic (exact) mass is 601 g/mol. The van der Waals surface area contributed by atoms with Crippen molar-refractivity contribution >= 4 is 28.5 Å². The van der Waals surface area contributed by atoms with Crippen molar-refractivity contribution in [1.82, 2.24) is 10.3 Å². The number of methoxy groups -OCH3 is 1. The number of oxime groups is 1. The lowest BCUT2D eigenvalue weighted by Crippen LogP contribution is -2.54. The van der Waals surface area contributed by atoms with Gasteiger partial charge in [0.25, 0.3) is 5.91 Å². The molecule has 9 nitrogen and oxygen atoms in total. The molecule has 44 heavy (non-hydrogen) atoms. The average molecular weight is 602 g/mol. The molecule has 6 rings (SSSR count). The highest BCUT2D eigenvalue weighted by Gasteiger charge is 2.63. The lowest BCUT2D eigenvalue weighted by molar-refractivity contribution is -0.125. The van der Waals surface area contributed by atoms with Crippen molar-refractivity contribution in [2.75, 3.05) is 20.3 Å². The van der Waals surface area contributed by atoms with Gasteiger partial charge >= 0.3 is 5.97 Å². The van der Waals surface area contributed by atoms with Crippen LogP contribution in [-0.4, -0.2) is 58.6 Å². The molecule has 3 fully saturated rings. The molecular weight excluding hydrogens is 558 g/mol. The van der Waals surface area contributed by atoms with Crippen LogP contribution in [0.15, 0.2) is 35.0 Å². The lowest BCUT2D eigenvalue weighted by Gasteiger charge is -2.58. The van der Waals surface area contributed by atoms with Crippen LogP contribution in [0.4, 0.5) is 0 Å². The van der Waals surface area contributed by atoms with Crippen molar-refractivity contribution in [3.05, 3.63) is 41.1 Å². The van der Waals surface area contributed by atoms with E-state index >= 15 is 0 Å². The number of aromatic amines is 1. The number of ether oxygens (including phenoxy) is 1. The summed E-state index contributed by atoms with van der Waals surface area (Å²) in [6.07, 6.45) is 16.0. The molecule has 0 radical (unpaired) electrons. The molecule has 0 bridgehead atoms. The maximum atomic E-state index is 12.5. The number of carboxylic acid groups (broad SMARTS) is 1. The van der Waals surface area contributed by atoms with E-state index in [0.717, 1.165) is 56.0 Å². The van der Waals surface area contributed by atoms with Crippen LogP contribution in [0.1, 0.15) is 81.3 Å². The summed E-state index contributed by atoms with van der Waals surface area (Å²) in [5.74, 6) is 3.65. The second-order valence-electron chi connectivity index (χ2n) is 13.7. The van der Waals surface area contributed by atoms with Crippen LogP contribution in [0, 0.1) is 40.9 Å². The van der Waals surface area contributed by atoms with E-state index in [1.165, 1.54) is 5.57 Å². The van der Waals surface area contributed by atoms with Crippen LogP contribution in [0.3, 0.4) is 0 Å². The highest BCUT2D eigenvalue weighted by molar-refractivity contribution is 5.98. The minimum Gasteiger partial charge on any atom is -0.497 e. The molecule has 1 amide bonds. The molecule has 4 aliphatic rings. The van der Waals surface area contributed by atoms with E-state index in [4.69, 9.17) is 16.0 Å². The van der Waals surface area contributed by atoms with Crippen molar-refractivity contribution in [2.45, 2.75) is 77.2 Å². The molecule has 1 heterocycles. The highest BCUT2D eigenvalue weighted by Crippen LogP contribution is 2.67. The first-order valence-electron chi connectivity index (χ1n) is 15.8. The largest absolute Gasteiger partial charge is 0.497 e. The van der Waals surface area contributed by atoms with Crippen LogP contribution >= 0.6 is 0 Å². The standard InChI is InChI=1S/C35H43N3O6/c1-5-35(42)16-12-28-25-8-6-21-18-22(10-14-33(21,2)27(25)11-15-34(28,35)3)38-44-20-30(39)36-17-13-24-26-19-23(43-4)7-9-29(26)37-31(24)32(40)41/h1,7,9,18-19,25,27-28,37,42H,6,8,10-17,20H2,2-4H3,(H,36,39)(H,40,41)/b38-22+/t25?,27?,28?,33-,34-,35?/m0/s1. The van der Waals surface area contributed by atoms with Gasteiger partial charge in [-0.3, -0.25) is 4.79 Å². The Morgan fingerprint density at radius 1 is 1.16 bits per heavy atom. The summed E-state index contributed by atoms with van der Waals surface area (Å²) in [5.41, 5.74) is 2.64. The highest BCUT2D eigenvalue weighted by atomic mass is 16.6. The van der Waals surface area contributed by atoms with E-state index in [0.29, 0.717) is 47.4 Å². The lowest BCUT2D eigenvalue weighted by atomic mass is 9.46. The second kappa shape index (κ2) is 11.3. The summed E-state index contributed by atoms with van der Waals surface area (Å²) in [4.78, 5) is 32.7. The van der Waals surface area contributed by atoms with Crippen LogP contribution in [-0.2, 0) is 16.1 Å². The number of nitrogens with one attached hydrogen (secondary N) is 2. The van der Waals surface area contributed by atoms with Crippen molar-refractivity contribution in [3.8, 4) is 18.1 Å². The molecule has 1 aromatic carbocycles. The zero-order valence-corrected chi connectivity index (χ0v) is 25.9. The molecule has 0 spiro atoms. The summed E-state index contributed by atoms with van der Waals surface area (Å²) in [7, 11) is 1.56. The third-order valence-electron chi connectivity index (χ3n) is 11.8. The molecule has 0 aliphatic heterocycles. The van der Waals surface area contributed by atoms with Crippen molar-refractivity contribution < 1.29 is 29.4 Å². The summed E-state index contributed by atoms with van der Waals surface area (Å²) in [6, 6.07) is 5.35. The van der Waals surface area contributed by atoms with E-state index in [-0.39, 0.29) is 35.6 Å². The number of carboxylic acids is 1. The van der Waals surface area contributed by atoms with Crippen molar-refractivity contribution in [1.29, 1.82) is 0 Å². The quantitative estimate of drug-likeness (QED) is 0.242. The van der Waals surface area contributed by atoms with Crippen molar-refractivity contribution in [3.63, 3.8) is 0 Å². The molecule has 4 aliphatic carbocycles. The van der Waals surface area contributed by atoms with Gasteiger partial charge in [-0.15, -0.1) is 6.42 Å². The Kier molecular flexibility index (Phi) is 7.77. The number of carbonyl (C=O) groups is 2. The molecule has 3 saturated carbocycles.